The summed E-state index contributed by atoms with van der Waals surface area (Å²) < 4.78 is 37.2. The number of carbonyl (C=O) groups excluding carboxylic acids is 1. The molecule has 5 rings (SSSR count). The zero-order valence-corrected chi connectivity index (χ0v) is 34.7. The molecule has 0 aliphatic rings. The van der Waals surface area contributed by atoms with Gasteiger partial charge < -0.3 is 5.32 Å². The summed E-state index contributed by atoms with van der Waals surface area (Å²) in [5.74, 6) is 1.73. The molecule has 0 fully saturated rings. The molecule has 54 heavy (non-hydrogen) atoms. The van der Waals surface area contributed by atoms with Gasteiger partial charge in [-0.15, -0.1) is 0 Å². The number of nitrogens with zero attached hydrogens (tertiary/aromatic N) is 5. The van der Waals surface area contributed by atoms with Crippen LogP contribution in [0.25, 0.3) is 10.7 Å². The van der Waals surface area contributed by atoms with Crippen molar-refractivity contribution in [2.45, 2.75) is 90.9 Å². The van der Waals surface area contributed by atoms with E-state index >= 15 is 0 Å². The largest absolute Gasteiger partial charge is 0.329 e. The summed E-state index contributed by atoms with van der Waals surface area (Å²) >= 11 is 12.0. The van der Waals surface area contributed by atoms with Gasteiger partial charge in [-0.1, -0.05) is 109 Å². The number of aryl methyl sites for hydroxylation is 1. The molecule has 13 heteroatoms. The number of halogens is 3. The number of hydrogen-bond acceptors (Lipinski definition) is 6. The molecule has 0 bridgehead atoms. The van der Waals surface area contributed by atoms with Gasteiger partial charge in [0, 0.05) is 27.7 Å². The van der Waals surface area contributed by atoms with E-state index in [1.54, 1.807) is 29.2 Å². The lowest BCUT2D eigenvalue weighted by Gasteiger charge is -2.09. The highest BCUT2D eigenvalue weighted by molar-refractivity contribution is 7.90. The predicted molar refractivity (Wildman–Crippen MR) is 219 cm³/mol. The van der Waals surface area contributed by atoms with Crippen LogP contribution in [0.5, 0.6) is 0 Å². The predicted octanol–water partition coefficient (Wildman–Crippen LogP) is 11.5. The van der Waals surface area contributed by atoms with Gasteiger partial charge in [0.15, 0.2) is 21.3 Å². The Morgan fingerprint density at radius 1 is 0.796 bits per heavy atom. The summed E-state index contributed by atoms with van der Waals surface area (Å²) in [7, 11) is -3.31. The first-order chi connectivity index (χ1) is 25.3. The molecule has 0 saturated heterocycles. The molecular formula is C41H49Cl2FN6O3S. The number of carbonyl (C=O) groups is 1. The highest BCUT2D eigenvalue weighted by Gasteiger charge is 2.13. The molecule has 0 radical (unpaired) electrons. The summed E-state index contributed by atoms with van der Waals surface area (Å²) in [5.41, 5.74) is 6.39. The minimum Gasteiger partial charge on any atom is -0.329 e. The molecule has 3 aromatic carbocycles. The number of aromatic nitrogens is 4. The first-order valence-corrected chi connectivity index (χ1v) is 19.9. The van der Waals surface area contributed by atoms with Crippen molar-refractivity contribution in [2.24, 2.45) is 0 Å². The maximum atomic E-state index is 13.4. The second-order valence-corrected chi connectivity index (χ2v) is 16.4. The Morgan fingerprint density at radius 2 is 1.33 bits per heavy atom. The van der Waals surface area contributed by atoms with Crippen LogP contribution in [0.4, 0.5) is 15.8 Å². The average Bonchev–Trinajstić information content (AvgIpc) is 3.64. The Balaban J connectivity index is 0.000000250. The standard InChI is InChI=1S/C11H14N4.C10H12ClNO.C10H10ClN.C10H13FO2S/c1-8(2)10-4-5-11(14-9(10)3)15-7-12-6-13-15;1-7(2)9-4-3-8(12-6-13)5-10(9)11;1-7(2)9-5-4-8(12-3)6-10(9)11;1-7(2)9-5-4-8(6-10(9)11)14(3,12)13/h4-8H,1-3H3;3-7H,1-2H3,(H,12,13);4-7H,1-2H3;4-7H,1-3H3. The van der Waals surface area contributed by atoms with Gasteiger partial charge >= 0.3 is 0 Å². The summed E-state index contributed by atoms with van der Waals surface area (Å²) in [4.78, 5) is 21.9. The van der Waals surface area contributed by atoms with Crippen molar-refractivity contribution >= 4 is 50.8 Å². The molecule has 2 heterocycles. The maximum Gasteiger partial charge on any atom is 0.211 e. The summed E-state index contributed by atoms with van der Waals surface area (Å²) in [5, 5.41) is 7.98. The Morgan fingerprint density at radius 3 is 1.76 bits per heavy atom. The first kappa shape index (κ1) is 45.5. The van der Waals surface area contributed by atoms with Crippen LogP contribution < -0.4 is 5.32 Å². The molecule has 5 aromatic rings. The molecule has 2 aromatic heterocycles. The van der Waals surface area contributed by atoms with Crippen molar-refractivity contribution in [1.82, 2.24) is 19.7 Å². The zero-order chi connectivity index (χ0) is 40.7. The molecule has 0 spiro atoms. The van der Waals surface area contributed by atoms with Gasteiger partial charge in [-0.05, 0) is 89.2 Å². The Kier molecular flexibility index (Phi) is 18.0. The third-order valence-corrected chi connectivity index (χ3v) is 9.76. The minimum absolute atomic E-state index is 0.0272. The molecular weight excluding hydrogens is 746 g/mol. The number of sulfone groups is 1. The molecule has 0 aliphatic heterocycles. The Hall–Kier alpha value is -4.63. The van der Waals surface area contributed by atoms with Gasteiger partial charge in [-0.25, -0.2) is 32.3 Å². The van der Waals surface area contributed by atoms with Gasteiger partial charge in [-0.3, -0.25) is 4.79 Å². The smallest absolute Gasteiger partial charge is 0.211 e. The number of anilines is 1. The summed E-state index contributed by atoms with van der Waals surface area (Å²) in [6, 6.07) is 19.1. The van der Waals surface area contributed by atoms with Crippen LogP contribution in [-0.2, 0) is 14.6 Å². The van der Waals surface area contributed by atoms with Crippen LogP contribution in [0.15, 0.2) is 84.3 Å². The summed E-state index contributed by atoms with van der Waals surface area (Å²) in [6.07, 6.45) is 4.86. The molecule has 288 valence electrons. The monoisotopic (exact) mass is 794 g/mol. The van der Waals surface area contributed by atoms with Crippen molar-refractivity contribution in [3.05, 3.63) is 135 Å². The van der Waals surface area contributed by atoms with E-state index in [-0.39, 0.29) is 10.8 Å². The topological polar surface area (TPSA) is 111 Å². The van der Waals surface area contributed by atoms with Crippen molar-refractivity contribution in [3.63, 3.8) is 0 Å². The number of amides is 1. The molecule has 9 nitrogen and oxygen atoms in total. The van der Waals surface area contributed by atoms with Gasteiger partial charge in [0.25, 0.3) is 0 Å². The van der Waals surface area contributed by atoms with E-state index in [2.05, 4.69) is 72.8 Å². The van der Waals surface area contributed by atoms with E-state index in [1.807, 2.05) is 45.0 Å². The van der Waals surface area contributed by atoms with Crippen molar-refractivity contribution in [2.75, 3.05) is 11.6 Å². The van der Waals surface area contributed by atoms with Crippen LogP contribution in [0, 0.1) is 19.3 Å². The van der Waals surface area contributed by atoms with Gasteiger partial charge in [-0.2, -0.15) is 5.10 Å². The fraction of sp³-hybridized carbons (Fsp3) is 0.341. The third-order valence-electron chi connectivity index (χ3n) is 7.99. The molecule has 0 aliphatic carbocycles. The van der Waals surface area contributed by atoms with E-state index in [9.17, 15) is 17.6 Å². The van der Waals surface area contributed by atoms with Crippen LogP contribution >= 0.6 is 23.2 Å². The van der Waals surface area contributed by atoms with Crippen molar-refractivity contribution < 1.29 is 17.6 Å². The normalized spacial score (nSPS) is 10.8. The number of hydrogen-bond donors (Lipinski definition) is 1. The number of benzene rings is 3. The zero-order valence-electron chi connectivity index (χ0n) is 32.4. The maximum absolute atomic E-state index is 13.4. The number of nitrogens with one attached hydrogen (secondary N) is 1. The average molecular weight is 796 g/mol. The van der Waals surface area contributed by atoms with Crippen LogP contribution in [0.3, 0.4) is 0 Å². The van der Waals surface area contributed by atoms with E-state index < -0.39 is 15.7 Å². The quantitative estimate of drug-likeness (QED) is 0.124. The second kappa shape index (κ2) is 21.3. The summed E-state index contributed by atoms with van der Waals surface area (Å²) in [6.45, 7) is 25.2. The minimum atomic E-state index is -3.31. The van der Waals surface area contributed by atoms with Crippen molar-refractivity contribution in [1.29, 1.82) is 0 Å². The fourth-order valence-electron chi connectivity index (χ4n) is 5.04. The fourth-order valence-corrected chi connectivity index (χ4v) is 6.46. The lowest BCUT2D eigenvalue weighted by molar-refractivity contribution is -0.105. The highest BCUT2D eigenvalue weighted by atomic mass is 35.5. The third kappa shape index (κ3) is 14.0. The van der Waals surface area contributed by atoms with E-state index in [0.717, 1.165) is 40.6 Å². The lowest BCUT2D eigenvalue weighted by Crippen LogP contribution is -2.02. The molecule has 0 unspecified atom stereocenters. The molecule has 0 saturated carbocycles. The van der Waals surface area contributed by atoms with Gasteiger partial charge in [0.2, 0.25) is 6.41 Å². The van der Waals surface area contributed by atoms with Crippen LogP contribution in [0.1, 0.15) is 107 Å². The second-order valence-electron chi connectivity index (χ2n) is 13.6. The van der Waals surface area contributed by atoms with E-state index in [4.69, 9.17) is 29.8 Å². The molecule has 0 atom stereocenters. The van der Waals surface area contributed by atoms with Crippen LogP contribution in [0.2, 0.25) is 10.0 Å². The Bertz CT molecular complexity index is 2130. The van der Waals surface area contributed by atoms with E-state index in [1.165, 1.54) is 24.0 Å². The molecule has 1 amide bonds. The molecule has 1 N–H and O–H groups in total. The van der Waals surface area contributed by atoms with E-state index in [0.29, 0.717) is 45.5 Å². The van der Waals surface area contributed by atoms with Gasteiger partial charge in [0.1, 0.15) is 18.5 Å². The lowest BCUT2D eigenvalue weighted by atomic mass is 10.0. The number of rotatable bonds is 8. The highest BCUT2D eigenvalue weighted by Crippen LogP contribution is 2.29. The van der Waals surface area contributed by atoms with Crippen LogP contribution in [-0.4, -0.2) is 40.8 Å². The number of pyridine rings is 1. The van der Waals surface area contributed by atoms with Gasteiger partial charge in [0.05, 0.1) is 11.5 Å². The first-order valence-electron chi connectivity index (χ1n) is 17.3. The SMILES string of the molecule is CC(C)c1ccc(NC=O)cc1Cl.CC(C)c1ccc(S(C)(=O)=O)cc1F.Cc1nc(-n2cncn2)ccc1C(C)C.[C-]#[N+]c1ccc(C(C)C)c(Cl)c1. The Labute approximate surface area is 329 Å². The van der Waals surface area contributed by atoms with Crippen molar-refractivity contribution in [3.8, 4) is 5.82 Å².